The van der Waals surface area contributed by atoms with Crippen molar-refractivity contribution in [3.63, 3.8) is 0 Å². The minimum absolute atomic E-state index is 0.0249. The van der Waals surface area contributed by atoms with Gasteiger partial charge in [-0.05, 0) is 42.5 Å². The Morgan fingerprint density at radius 3 is 2.41 bits per heavy atom. The quantitative estimate of drug-likeness (QED) is 0.587. The average molecular weight is 553 g/mol. The summed E-state index contributed by atoms with van der Waals surface area (Å²) in [5.74, 6) is 0. The van der Waals surface area contributed by atoms with Gasteiger partial charge in [-0.15, -0.1) is 0 Å². The van der Waals surface area contributed by atoms with E-state index in [0.29, 0.717) is 10.4 Å². The first-order valence-electron chi connectivity index (χ1n) is 8.94. The van der Waals surface area contributed by atoms with Crippen LogP contribution in [0.3, 0.4) is 0 Å². The third kappa shape index (κ3) is 4.61. The molecule has 0 spiro atoms. The van der Waals surface area contributed by atoms with E-state index >= 15 is 0 Å². The van der Waals surface area contributed by atoms with Crippen LogP contribution in [0.25, 0.3) is 0 Å². The Kier molecular flexibility index (Phi) is 6.86. The number of halogens is 4. The second-order valence-corrected chi connectivity index (χ2v) is 11.6. The molecule has 32 heavy (non-hydrogen) atoms. The van der Waals surface area contributed by atoms with Crippen LogP contribution in [0.5, 0.6) is 0 Å². The van der Waals surface area contributed by atoms with Gasteiger partial charge in [0.05, 0.1) is 44.7 Å². The van der Waals surface area contributed by atoms with Crippen molar-refractivity contribution in [2.24, 2.45) is 0 Å². The largest absolute Gasteiger partial charge is 0.417 e. The Morgan fingerprint density at radius 1 is 1.25 bits per heavy atom. The molecule has 1 fully saturated rings. The number of benzene rings is 2. The number of alkyl halides is 3. The Labute approximate surface area is 192 Å². The van der Waals surface area contributed by atoms with E-state index < -0.39 is 68.0 Å². The maximum absolute atomic E-state index is 13.5. The van der Waals surface area contributed by atoms with Gasteiger partial charge in [0.1, 0.15) is 5.60 Å². The molecule has 0 amide bonds. The van der Waals surface area contributed by atoms with E-state index in [2.05, 4.69) is 15.9 Å². The third-order valence-electron chi connectivity index (χ3n) is 5.03. The molecule has 1 heterocycles. The highest BCUT2D eigenvalue weighted by Gasteiger charge is 2.53. The van der Waals surface area contributed by atoms with Gasteiger partial charge < -0.3 is 10.2 Å². The molecule has 2 aromatic rings. The van der Waals surface area contributed by atoms with Crippen molar-refractivity contribution in [1.29, 1.82) is 5.26 Å². The number of aliphatic hydroxyl groups is 2. The molecule has 2 aromatic carbocycles. The summed E-state index contributed by atoms with van der Waals surface area (Å²) >= 11 is 2.89. The molecule has 3 rings (SSSR count). The standard InChI is InChI=1S/C19H16BrF3N2O5S2/c20-13-3-6-16(15(7-13)19(21,22)23)32(29,30)25-9-17(18(27,10-25)11-26)31(28)14-4-1-12(8-24)2-5-14/h1-7,17,26-27H,9-11H2/t17-,18?,31?/m0/s1. The Bertz CT molecular complexity index is 1200. The second kappa shape index (κ2) is 8.85. The first-order chi connectivity index (χ1) is 14.8. The predicted octanol–water partition coefficient (Wildman–Crippen LogP) is 2.24. The van der Waals surface area contributed by atoms with E-state index in [1.807, 2.05) is 6.07 Å². The normalized spacial score (nSPS) is 23.1. The molecule has 172 valence electrons. The van der Waals surface area contributed by atoms with Crippen LogP contribution < -0.4 is 0 Å². The number of aliphatic hydroxyl groups excluding tert-OH is 1. The fraction of sp³-hybridized carbons (Fsp3) is 0.316. The fourth-order valence-corrected chi connectivity index (χ4v) is 7.10. The molecule has 0 aromatic heterocycles. The summed E-state index contributed by atoms with van der Waals surface area (Å²) in [6, 6.07) is 9.94. The van der Waals surface area contributed by atoms with Gasteiger partial charge in [0, 0.05) is 22.5 Å². The molecule has 0 bridgehead atoms. The lowest BCUT2D eigenvalue weighted by molar-refractivity contribution is -0.140. The van der Waals surface area contributed by atoms with Gasteiger partial charge in [0.15, 0.2) is 0 Å². The molecule has 1 aliphatic heterocycles. The maximum Gasteiger partial charge on any atom is 0.417 e. The highest BCUT2D eigenvalue weighted by atomic mass is 79.9. The number of nitriles is 1. The summed E-state index contributed by atoms with van der Waals surface area (Å²) in [6.45, 7) is -2.29. The zero-order chi connectivity index (χ0) is 23.9. The number of nitrogens with zero attached hydrogens (tertiary/aromatic N) is 2. The fourth-order valence-electron chi connectivity index (χ4n) is 3.34. The minimum atomic E-state index is -4.97. The third-order valence-corrected chi connectivity index (χ3v) is 9.24. The molecule has 0 saturated carbocycles. The summed E-state index contributed by atoms with van der Waals surface area (Å²) in [4.78, 5) is -0.849. The minimum Gasteiger partial charge on any atom is -0.393 e. The van der Waals surface area contributed by atoms with Crippen molar-refractivity contribution in [3.8, 4) is 6.07 Å². The van der Waals surface area contributed by atoms with Gasteiger partial charge in [-0.1, -0.05) is 15.9 Å². The van der Waals surface area contributed by atoms with Crippen LogP contribution in [0.1, 0.15) is 11.1 Å². The summed E-state index contributed by atoms with van der Waals surface area (Å²) in [7, 11) is -6.80. The van der Waals surface area contributed by atoms with E-state index in [1.165, 1.54) is 24.3 Å². The van der Waals surface area contributed by atoms with Crippen LogP contribution in [0.2, 0.25) is 0 Å². The second-order valence-electron chi connectivity index (χ2n) is 7.12. The highest BCUT2D eigenvalue weighted by molar-refractivity contribution is 9.10. The van der Waals surface area contributed by atoms with Gasteiger partial charge in [0.2, 0.25) is 10.0 Å². The van der Waals surface area contributed by atoms with Crippen LogP contribution in [0, 0.1) is 11.3 Å². The van der Waals surface area contributed by atoms with E-state index in [1.54, 1.807) is 0 Å². The molecular weight excluding hydrogens is 537 g/mol. The summed E-state index contributed by atoms with van der Waals surface area (Å²) in [5, 5.41) is 28.1. The molecule has 0 aliphatic carbocycles. The molecule has 0 radical (unpaired) electrons. The number of hydrogen-bond acceptors (Lipinski definition) is 6. The van der Waals surface area contributed by atoms with E-state index in [4.69, 9.17) is 5.26 Å². The predicted molar refractivity (Wildman–Crippen MR) is 111 cm³/mol. The van der Waals surface area contributed by atoms with Crippen molar-refractivity contribution in [2.75, 3.05) is 19.7 Å². The zero-order valence-corrected chi connectivity index (χ0v) is 19.3. The Morgan fingerprint density at radius 2 is 1.88 bits per heavy atom. The topological polar surface area (TPSA) is 119 Å². The van der Waals surface area contributed by atoms with Crippen molar-refractivity contribution in [3.05, 3.63) is 58.1 Å². The molecule has 1 saturated heterocycles. The van der Waals surface area contributed by atoms with E-state index in [-0.39, 0.29) is 14.9 Å². The molecule has 2 unspecified atom stereocenters. The Balaban J connectivity index is 2.00. The highest BCUT2D eigenvalue weighted by Crippen LogP contribution is 2.39. The first-order valence-corrected chi connectivity index (χ1v) is 12.4. The van der Waals surface area contributed by atoms with Crippen LogP contribution in [-0.2, 0) is 27.0 Å². The lowest BCUT2D eigenvalue weighted by atomic mass is 10.1. The lowest BCUT2D eigenvalue weighted by Gasteiger charge is -2.26. The molecule has 7 nitrogen and oxygen atoms in total. The van der Waals surface area contributed by atoms with Crippen molar-refractivity contribution < 1.29 is 36.0 Å². The van der Waals surface area contributed by atoms with Crippen molar-refractivity contribution in [1.82, 2.24) is 4.31 Å². The molecule has 2 N–H and O–H groups in total. The molecule has 13 heteroatoms. The summed E-state index contributed by atoms with van der Waals surface area (Å²) in [5.41, 5.74) is -3.26. The van der Waals surface area contributed by atoms with Crippen LogP contribution >= 0.6 is 15.9 Å². The number of rotatable bonds is 5. The van der Waals surface area contributed by atoms with E-state index in [9.17, 15) is 36.0 Å². The zero-order valence-electron chi connectivity index (χ0n) is 16.1. The lowest BCUT2D eigenvalue weighted by Crippen LogP contribution is -2.47. The van der Waals surface area contributed by atoms with Crippen LogP contribution in [0.15, 0.2) is 56.7 Å². The monoisotopic (exact) mass is 552 g/mol. The maximum atomic E-state index is 13.5. The number of β-amino-alcohol motifs (C(OH)–C–C–N with tert-alkyl or cyclic N) is 1. The van der Waals surface area contributed by atoms with Gasteiger partial charge in [-0.25, -0.2) is 8.42 Å². The summed E-state index contributed by atoms with van der Waals surface area (Å²) in [6.07, 6.45) is -4.97. The van der Waals surface area contributed by atoms with Gasteiger partial charge in [-0.2, -0.15) is 22.7 Å². The van der Waals surface area contributed by atoms with Gasteiger partial charge >= 0.3 is 6.18 Å². The van der Waals surface area contributed by atoms with Gasteiger partial charge in [-0.3, -0.25) is 4.21 Å². The average Bonchev–Trinajstić information content (AvgIpc) is 3.11. The first kappa shape index (κ1) is 24.8. The Hall–Kier alpha value is -1.82. The van der Waals surface area contributed by atoms with Crippen molar-refractivity contribution in [2.45, 2.75) is 26.8 Å². The van der Waals surface area contributed by atoms with Crippen LogP contribution in [0.4, 0.5) is 13.2 Å². The number of sulfonamides is 1. The molecular formula is C19H16BrF3N2O5S2. The molecule has 1 aliphatic rings. The van der Waals surface area contributed by atoms with E-state index in [0.717, 1.165) is 12.1 Å². The van der Waals surface area contributed by atoms with Crippen molar-refractivity contribution >= 4 is 36.8 Å². The SMILES string of the molecule is N#Cc1ccc(S(=O)[C@H]2CN(S(=O)(=O)c3ccc(Br)cc3C(F)(F)F)CC2(O)CO)cc1. The smallest absolute Gasteiger partial charge is 0.393 e. The molecule has 3 atom stereocenters. The summed E-state index contributed by atoms with van der Waals surface area (Å²) < 4.78 is 80.3. The van der Waals surface area contributed by atoms with Gasteiger partial charge in [0.25, 0.3) is 0 Å². The number of hydrogen-bond donors (Lipinski definition) is 2. The van der Waals surface area contributed by atoms with Crippen LogP contribution in [-0.4, -0.2) is 57.7 Å².